The van der Waals surface area contributed by atoms with E-state index in [9.17, 15) is 14.9 Å². The van der Waals surface area contributed by atoms with Crippen molar-refractivity contribution in [3.8, 4) is 5.88 Å². The predicted molar refractivity (Wildman–Crippen MR) is 96.4 cm³/mol. The molecule has 8 heteroatoms. The summed E-state index contributed by atoms with van der Waals surface area (Å²) in [5, 5.41) is 13.4. The van der Waals surface area contributed by atoms with Crippen LogP contribution in [0, 0.1) is 10.1 Å². The molecule has 0 bridgehead atoms. The standard InChI is InChI=1S/C18H20N4O4/c1-21-10-8-16(9-11-21)26-17-7-4-14(12-19-17)20-18(23)13-2-5-15(6-3-13)22(24)25/h2-7,12,16H,8-11H2,1H3,(H,20,23). The predicted octanol–water partition coefficient (Wildman–Crippen LogP) is 2.72. The van der Waals surface area contributed by atoms with Crippen molar-refractivity contribution in [1.82, 2.24) is 9.88 Å². The first-order valence-corrected chi connectivity index (χ1v) is 8.38. The van der Waals surface area contributed by atoms with E-state index < -0.39 is 4.92 Å². The van der Waals surface area contributed by atoms with Crippen molar-refractivity contribution in [2.75, 3.05) is 25.5 Å². The summed E-state index contributed by atoms with van der Waals surface area (Å²) < 4.78 is 5.87. The molecule has 0 radical (unpaired) electrons. The Morgan fingerprint density at radius 2 is 1.92 bits per heavy atom. The summed E-state index contributed by atoms with van der Waals surface area (Å²) in [7, 11) is 2.09. The van der Waals surface area contributed by atoms with Gasteiger partial charge in [0.1, 0.15) is 6.10 Å². The van der Waals surface area contributed by atoms with Gasteiger partial charge in [0.15, 0.2) is 0 Å². The molecule has 3 rings (SSSR count). The number of likely N-dealkylation sites (tertiary alicyclic amines) is 1. The highest BCUT2D eigenvalue weighted by Gasteiger charge is 2.18. The van der Waals surface area contributed by atoms with Crippen LogP contribution < -0.4 is 10.1 Å². The molecule has 1 aliphatic rings. The number of carbonyl (C=O) groups is 1. The summed E-state index contributed by atoms with van der Waals surface area (Å²) in [5.41, 5.74) is 0.810. The molecule has 2 heterocycles. The van der Waals surface area contributed by atoms with Crippen LogP contribution in [0.25, 0.3) is 0 Å². The molecule has 8 nitrogen and oxygen atoms in total. The van der Waals surface area contributed by atoms with Gasteiger partial charge in [-0.25, -0.2) is 4.98 Å². The lowest BCUT2D eigenvalue weighted by molar-refractivity contribution is -0.384. The highest BCUT2D eigenvalue weighted by Crippen LogP contribution is 2.19. The number of nitro benzene ring substituents is 1. The molecule has 26 heavy (non-hydrogen) atoms. The fraction of sp³-hybridized carbons (Fsp3) is 0.333. The first-order chi connectivity index (χ1) is 12.5. The SMILES string of the molecule is CN1CCC(Oc2ccc(NC(=O)c3ccc([N+](=O)[O-])cc3)cn2)CC1. The van der Waals surface area contributed by atoms with Gasteiger partial charge in [-0.15, -0.1) is 0 Å². The number of amides is 1. The maximum Gasteiger partial charge on any atom is 0.269 e. The van der Waals surface area contributed by atoms with Crippen LogP contribution in [0.2, 0.25) is 0 Å². The van der Waals surface area contributed by atoms with Crippen molar-refractivity contribution < 1.29 is 14.5 Å². The van der Waals surface area contributed by atoms with Gasteiger partial charge in [-0.1, -0.05) is 0 Å². The van der Waals surface area contributed by atoms with Gasteiger partial charge in [0.25, 0.3) is 11.6 Å². The normalized spacial score (nSPS) is 15.4. The molecule has 1 fully saturated rings. The van der Waals surface area contributed by atoms with Crippen LogP contribution in [0.15, 0.2) is 42.6 Å². The topological polar surface area (TPSA) is 97.6 Å². The van der Waals surface area contributed by atoms with Crippen LogP contribution >= 0.6 is 0 Å². The lowest BCUT2D eigenvalue weighted by Crippen LogP contribution is -2.35. The molecule has 1 amide bonds. The van der Waals surface area contributed by atoms with Crippen molar-refractivity contribution in [2.24, 2.45) is 0 Å². The van der Waals surface area contributed by atoms with E-state index in [0.717, 1.165) is 25.9 Å². The minimum atomic E-state index is -0.505. The summed E-state index contributed by atoms with van der Waals surface area (Å²) in [4.78, 5) is 28.8. The van der Waals surface area contributed by atoms with Crippen LogP contribution in [0.4, 0.5) is 11.4 Å². The Labute approximate surface area is 150 Å². The third-order valence-corrected chi connectivity index (χ3v) is 4.29. The molecule has 0 atom stereocenters. The lowest BCUT2D eigenvalue weighted by Gasteiger charge is -2.28. The zero-order valence-electron chi connectivity index (χ0n) is 14.4. The van der Waals surface area contributed by atoms with E-state index in [1.54, 1.807) is 12.1 Å². The Hall–Kier alpha value is -3.00. The lowest BCUT2D eigenvalue weighted by atomic mass is 10.1. The fourth-order valence-corrected chi connectivity index (χ4v) is 2.74. The fourth-order valence-electron chi connectivity index (χ4n) is 2.74. The van der Waals surface area contributed by atoms with Crippen molar-refractivity contribution in [2.45, 2.75) is 18.9 Å². The summed E-state index contributed by atoms with van der Waals surface area (Å²) in [5.74, 6) is 0.179. The molecule has 2 aromatic rings. The highest BCUT2D eigenvalue weighted by atomic mass is 16.6. The van der Waals surface area contributed by atoms with Crippen molar-refractivity contribution in [1.29, 1.82) is 0 Å². The maximum absolute atomic E-state index is 12.2. The van der Waals surface area contributed by atoms with E-state index in [4.69, 9.17) is 4.74 Å². The largest absolute Gasteiger partial charge is 0.474 e. The van der Waals surface area contributed by atoms with Gasteiger partial charge in [-0.05, 0) is 38.1 Å². The van der Waals surface area contributed by atoms with Crippen LogP contribution in [0.3, 0.4) is 0 Å². The average Bonchev–Trinajstić information content (AvgIpc) is 2.65. The number of hydrogen-bond acceptors (Lipinski definition) is 6. The molecule has 136 valence electrons. The maximum atomic E-state index is 12.2. The zero-order valence-corrected chi connectivity index (χ0v) is 14.4. The summed E-state index contributed by atoms with van der Waals surface area (Å²) in [6.45, 7) is 2.02. The number of nitrogens with one attached hydrogen (secondary N) is 1. The second-order valence-corrected chi connectivity index (χ2v) is 6.26. The van der Waals surface area contributed by atoms with Gasteiger partial charge in [0.05, 0.1) is 16.8 Å². The summed E-state index contributed by atoms with van der Waals surface area (Å²) >= 11 is 0. The Balaban J connectivity index is 1.56. The van der Waals surface area contributed by atoms with Gasteiger partial charge in [-0.3, -0.25) is 14.9 Å². The number of ether oxygens (including phenoxy) is 1. The van der Waals surface area contributed by atoms with E-state index in [-0.39, 0.29) is 17.7 Å². The van der Waals surface area contributed by atoms with E-state index in [0.29, 0.717) is 17.1 Å². The van der Waals surface area contributed by atoms with E-state index >= 15 is 0 Å². The number of nitrogens with zero attached hydrogens (tertiary/aromatic N) is 3. The number of nitro groups is 1. The molecule has 1 aromatic carbocycles. The van der Waals surface area contributed by atoms with E-state index in [1.165, 1.54) is 30.5 Å². The van der Waals surface area contributed by atoms with Gasteiger partial charge < -0.3 is 15.0 Å². The minimum Gasteiger partial charge on any atom is -0.474 e. The third kappa shape index (κ3) is 4.54. The Bertz CT molecular complexity index is 769. The molecule has 0 unspecified atom stereocenters. The number of hydrogen-bond donors (Lipinski definition) is 1. The van der Waals surface area contributed by atoms with E-state index in [1.807, 2.05) is 0 Å². The zero-order chi connectivity index (χ0) is 18.5. The van der Waals surface area contributed by atoms with Gasteiger partial charge in [0, 0.05) is 36.9 Å². The molecule has 1 aliphatic heterocycles. The number of non-ortho nitro benzene ring substituents is 1. The Morgan fingerprint density at radius 1 is 1.23 bits per heavy atom. The van der Waals surface area contributed by atoms with Crippen LogP contribution in [0.1, 0.15) is 23.2 Å². The molecule has 1 saturated heterocycles. The average molecular weight is 356 g/mol. The summed E-state index contributed by atoms with van der Waals surface area (Å²) in [6.07, 6.45) is 3.64. The first kappa shape index (κ1) is 17.8. The summed E-state index contributed by atoms with van der Waals surface area (Å²) in [6, 6.07) is 8.87. The number of rotatable bonds is 5. The smallest absolute Gasteiger partial charge is 0.269 e. The molecule has 0 saturated carbocycles. The molecular weight excluding hydrogens is 336 g/mol. The molecule has 1 N–H and O–H groups in total. The van der Waals surface area contributed by atoms with Crippen LogP contribution in [-0.4, -0.2) is 47.0 Å². The van der Waals surface area contributed by atoms with E-state index in [2.05, 4.69) is 22.2 Å². The van der Waals surface area contributed by atoms with Crippen molar-refractivity contribution in [3.63, 3.8) is 0 Å². The number of piperidine rings is 1. The van der Waals surface area contributed by atoms with Crippen molar-refractivity contribution in [3.05, 3.63) is 58.3 Å². The highest BCUT2D eigenvalue weighted by molar-refractivity contribution is 6.04. The number of anilines is 1. The first-order valence-electron chi connectivity index (χ1n) is 8.38. The van der Waals surface area contributed by atoms with Crippen LogP contribution in [0.5, 0.6) is 5.88 Å². The second-order valence-electron chi connectivity index (χ2n) is 6.26. The Morgan fingerprint density at radius 3 is 2.50 bits per heavy atom. The molecule has 0 spiro atoms. The van der Waals surface area contributed by atoms with Gasteiger partial charge in [0.2, 0.25) is 5.88 Å². The number of carbonyl (C=O) groups excluding carboxylic acids is 1. The monoisotopic (exact) mass is 356 g/mol. The number of aromatic nitrogens is 1. The van der Waals surface area contributed by atoms with Gasteiger partial charge >= 0.3 is 0 Å². The molecule has 1 aromatic heterocycles. The Kier molecular flexibility index (Phi) is 5.43. The third-order valence-electron chi connectivity index (χ3n) is 4.29. The molecule has 0 aliphatic carbocycles. The number of benzene rings is 1. The van der Waals surface area contributed by atoms with Crippen molar-refractivity contribution >= 4 is 17.3 Å². The van der Waals surface area contributed by atoms with Crippen LogP contribution in [-0.2, 0) is 0 Å². The second kappa shape index (κ2) is 7.92. The molecular formula is C18H20N4O4. The minimum absolute atomic E-state index is 0.0568. The quantitative estimate of drug-likeness (QED) is 0.653. The number of pyridine rings is 1. The van der Waals surface area contributed by atoms with Gasteiger partial charge in [-0.2, -0.15) is 0 Å².